The molecule has 0 aliphatic heterocycles. The standard InChI is InChI=1S/C36H46N12O18S6/c1-5-67(49,50)17-13-41-33-29(37)21(3)31(35(43-33)39-11-15-65-71(59,60)61)47-45-23-7-9-25(27(19-23)69(53,54)55)26-10-8-24(20-28(26)70(56,57)58)46-48-32-22(4)30(38)34(42-14-18-68(51,52)6-2)44-36(32)40-12-16-66-72(62,63)64/h5-10,19-20H,1-2,11-18,37-38H2,3-4H3,(H2,39,41,43)(H2,40,42,44)(H,53,54,55)(H,56,57,58)(H,59,60,61)(H,62,63,64). The Kier molecular flexibility index (Phi) is 19.0. The molecule has 0 radical (unpaired) electrons. The van der Waals surface area contributed by atoms with Crippen LogP contribution in [0.25, 0.3) is 11.1 Å². The molecule has 36 heteroatoms. The number of nitrogens with zero attached hydrogens (tertiary/aromatic N) is 6. The van der Waals surface area contributed by atoms with Gasteiger partial charge in [-0.15, -0.1) is 10.2 Å². The quantitative estimate of drug-likeness (QED) is 0.0231. The van der Waals surface area contributed by atoms with E-state index in [9.17, 15) is 59.6 Å². The van der Waals surface area contributed by atoms with Crippen molar-refractivity contribution in [3.8, 4) is 11.1 Å². The summed E-state index contributed by atoms with van der Waals surface area (Å²) in [4.78, 5) is 6.68. The van der Waals surface area contributed by atoms with Gasteiger partial charge in [0, 0.05) is 59.2 Å². The Morgan fingerprint density at radius 2 is 0.875 bits per heavy atom. The second-order valence-electron chi connectivity index (χ2n) is 14.4. The number of nitrogen functional groups attached to an aromatic ring is 2. The summed E-state index contributed by atoms with van der Waals surface area (Å²) < 4.78 is 191. The van der Waals surface area contributed by atoms with E-state index in [1.165, 1.54) is 13.8 Å². The van der Waals surface area contributed by atoms with Gasteiger partial charge in [-0.05, 0) is 38.1 Å². The molecule has 0 bridgehead atoms. The third kappa shape index (κ3) is 16.9. The van der Waals surface area contributed by atoms with E-state index in [2.05, 4.69) is 73.2 Å². The van der Waals surface area contributed by atoms with Crippen LogP contribution < -0.4 is 32.7 Å². The summed E-state index contributed by atoms with van der Waals surface area (Å²) in [5.74, 6) is -1.22. The van der Waals surface area contributed by atoms with E-state index < -0.39 is 106 Å². The fourth-order valence-corrected chi connectivity index (χ4v) is 8.98. The molecule has 30 nitrogen and oxygen atoms in total. The Morgan fingerprint density at radius 1 is 0.542 bits per heavy atom. The maximum atomic E-state index is 12.9. The van der Waals surface area contributed by atoms with Crippen LogP contribution in [0.3, 0.4) is 0 Å². The van der Waals surface area contributed by atoms with Gasteiger partial charge in [-0.3, -0.25) is 18.2 Å². The maximum Gasteiger partial charge on any atom is 0.397 e. The number of pyridine rings is 2. The van der Waals surface area contributed by atoms with Gasteiger partial charge in [-0.1, -0.05) is 25.3 Å². The summed E-state index contributed by atoms with van der Waals surface area (Å²) in [5, 5.41) is 28.7. The molecule has 2 heterocycles. The van der Waals surface area contributed by atoms with Gasteiger partial charge in [0.2, 0.25) is 0 Å². The van der Waals surface area contributed by atoms with Gasteiger partial charge < -0.3 is 32.7 Å². The number of hydrogen-bond donors (Lipinski definition) is 10. The van der Waals surface area contributed by atoms with Crippen LogP contribution in [-0.2, 0) is 69.1 Å². The third-order valence-corrected chi connectivity index (χ3v) is 14.6. The first-order valence-corrected chi connectivity index (χ1v) is 28.9. The van der Waals surface area contributed by atoms with Crippen molar-refractivity contribution in [2.45, 2.75) is 23.6 Å². The van der Waals surface area contributed by atoms with Crippen LogP contribution >= 0.6 is 0 Å². The number of nitrogens with two attached hydrogens (primary N) is 2. The molecule has 4 rings (SSSR count). The predicted octanol–water partition coefficient (Wildman–Crippen LogP) is 3.65. The fourth-order valence-electron chi connectivity index (χ4n) is 5.83. The van der Waals surface area contributed by atoms with Gasteiger partial charge in [-0.25, -0.2) is 35.2 Å². The molecule has 0 fully saturated rings. The molecule has 0 aliphatic carbocycles. The van der Waals surface area contributed by atoms with Gasteiger partial charge >= 0.3 is 20.8 Å². The first kappa shape index (κ1) is 58.3. The first-order valence-electron chi connectivity index (χ1n) is 19.8. The van der Waals surface area contributed by atoms with Crippen molar-refractivity contribution < 1.29 is 77.1 Å². The van der Waals surface area contributed by atoms with Crippen LogP contribution in [0.4, 0.5) is 57.4 Å². The lowest BCUT2D eigenvalue weighted by molar-refractivity contribution is 0.277. The highest BCUT2D eigenvalue weighted by Crippen LogP contribution is 2.41. The van der Waals surface area contributed by atoms with Crippen molar-refractivity contribution >= 4 is 118 Å². The van der Waals surface area contributed by atoms with E-state index in [1.807, 2.05) is 0 Å². The van der Waals surface area contributed by atoms with Crippen molar-refractivity contribution in [2.75, 3.05) is 83.6 Å². The SMILES string of the molecule is C=CS(=O)(=O)CCNc1nc(NCCOS(=O)(=O)O)c(N=Nc2ccc(-c3ccc(N=Nc4c(NCCOS(=O)(=O)O)nc(NCCS(=O)(=O)C=C)c(N)c4C)cc3S(=O)(=O)O)c(S(=O)(=O)O)c2)c(C)c1N. The minimum Gasteiger partial charge on any atom is -0.395 e. The summed E-state index contributed by atoms with van der Waals surface area (Å²) in [7, 11) is -27.5. The molecule has 0 unspecified atom stereocenters. The average Bonchev–Trinajstić information content (AvgIpc) is 3.27. The second-order valence-corrected chi connectivity index (χ2v) is 23.5. The summed E-state index contributed by atoms with van der Waals surface area (Å²) in [6, 6.07) is 5.88. The number of rotatable bonds is 27. The number of aromatic nitrogens is 2. The molecule has 0 aliphatic rings. The Labute approximate surface area is 413 Å². The van der Waals surface area contributed by atoms with Crippen molar-refractivity contribution in [3.05, 3.63) is 71.5 Å². The number of hydrogen-bond acceptors (Lipinski definition) is 26. The normalized spacial score (nSPS) is 12.8. The molecule has 0 spiro atoms. The van der Waals surface area contributed by atoms with E-state index >= 15 is 0 Å². The van der Waals surface area contributed by atoms with Gasteiger partial charge in [0.25, 0.3) is 20.2 Å². The van der Waals surface area contributed by atoms with Gasteiger partial charge in [-0.2, -0.15) is 43.9 Å². The molecule has 0 amide bonds. The molecule has 0 saturated carbocycles. The Hall–Kier alpha value is -6.32. The lowest BCUT2D eigenvalue weighted by Crippen LogP contribution is -2.17. The molecule has 4 aromatic rings. The zero-order chi connectivity index (χ0) is 54.0. The highest BCUT2D eigenvalue weighted by Gasteiger charge is 2.25. The number of anilines is 6. The lowest BCUT2D eigenvalue weighted by Gasteiger charge is -2.16. The molecule has 2 aromatic carbocycles. The molecule has 72 heavy (non-hydrogen) atoms. The average molecular weight is 1130 g/mol. The zero-order valence-electron chi connectivity index (χ0n) is 37.5. The molecule has 12 N–H and O–H groups in total. The van der Waals surface area contributed by atoms with Crippen LogP contribution in [0.2, 0.25) is 0 Å². The van der Waals surface area contributed by atoms with Gasteiger partial charge in [0.1, 0.15) is 21.2 Å². The zero-order valence-corrected chi connectivity index (χ0v) is 42.4. The molecular formula is C36H46N12O18S6. The first-order chi connectivity index (χ1) is 33.3. The molecular weight excluding hydrogens is 1080 g/mol. The van der Waals surface area contributed by atoms with Crippen LogP contribution in [0, 0.1) is 13.8 Å². The van der Waals surface area contributed by atoms with Crippen LogP contribution in [0.1, 0.15) is 11.1 Å². The van der Waals surface area contributed by atoms with Crippen LogP contribution in [0.5, 0.6) is 0 Å². The molecule has 394 valence electrons. The summed E-state index contributed by atoms with van der Waals surface area (Å²) in [6.45, 7) is 7.07. The van der Waals surface area contributed by atoms with E-state index in [0.717, 1.165) is 47.2 Å². The van der Waals surface area contributed by atoms with Crippen molar-refractivity contribution in [1.82, 2.24) is 9.97 Å². The van der Waals surface area contributed by atoms with Crippen molar-refractivity contribution in [1.29, 1.82) is 0 Å². The van der Waals surface area contributed by atoms with Crippen molar-refractivity contribution in [2.24, 2.45) is 20.5 Å². The summed E-state index contributed by atoms with van der Waals surface area (Å²) in [6.07, 6.45) is 0. The molecule has 2 aromatic heterocycles. The minimum absolute atomic E-state index is 0.0513. The van der Waals surface area contributed by atoms with E-state index in [-0.39, 0.29) is 94.7 Å². The van der Waals surface area contributed by atoms with Crippen LogP contribution in [-0.4, -0.2) is 130 Å². The topological polar surface area (TPSA) is 480 Å². The highest BCUT2D eigenvalue weighted by atomic mass is 32.3. The monoisotopic (exact) mass is 1130 g/mol. The van der Waals surface area contributed by atoms with E-state index in [1.54, 1.807) is 0 Å². The highest BCUT2D eigenvalue weighted by molar-refractivity contribution is 7.94. The molecule has 0 atom stereocenters. The number of nitrogens with one attached hydrogen (secondary N) is 4. The number of sulfone groups is 2. The third-order valence-electron chi connectivity index (χ3n) is 9.35. The lowest BCUT2D eigenvalue weighted by atomic mass is 10.0. The Morgan fingerprint density at radius 3 is 1.18 bits per heavy atom. The van der Waals surface area contributed by atoms with E-state index in [0.29, 0.717) is 0 Å². The maximum absolute atomic E-state index is 12.9. The van der Waals surface area contributed by atoms with Gasteiger partial charge in [0.05, 0.1) is 47.5 Å². The second kappa shape index (κ2) is 23.5. The largest absolute Gasteiger partial charge is 0.397 e. The fraction of sp³-hybridized carbons (Fsp3) is 0.278. The minimum atomic E-state index is -5.26. The van der Waals surface area contributed by atoms with E-state index in [4.69, 9.17) is 20.6 Å². The van der Waals surface area contributed by atoms with Gasteiger partial charge in [0.15, 0.2) is 42.9 Å². The van der Waals surface area contributed by atoms with Crippen LogP contribution in [0.15, 0.2) is 90.6 Å². The Bertz CT molecular complexity index is 3270. The number of benzene rings is 2. The predicted molar refractivity (Wildman–Crippen MR) is 264 cm³/mol. The smallest absolute Gasteiger partial charge is 0.395 e. The van der Waals surface area contributed by atoms with Crippen molar-refractivity contribution in [3.63, 3.8) is 0 Å². The Balaban J connectivity index is 1.78. The number of azo groups is 2. The summed E-state index contributed by atoms with van der Waals surface area (Å²) >= 11 is 0. The molecule has 0 saturated heterocycles. The summed E-state index contributed by atoms with van der Waals surface area (Å²) in [5.41, 5.74) is 10.9.